The van der Waals surface area contributed by atoms with E-state index in [-0.39, 0.29) is 35.8 Å². The SMILES string of the molecule is C[Si](C)=[Zr+2]([NH]C(C)(C)C)[CH]1c2ccccc2-c2ccccc21.[Cl-].[Cl-]. The minimum absolute atomic E-state index is 0. The molecule has 2 aromatic carbocycles. The Morgan fingerprint density at radius 2 is 1.25 bits per heavy atom. The van der Waals surface area contributed by atoms with Gasteiger partial charge in [-0.15, -0.1) is 0 Å². The van der Waals surface area contributed by atoms with E-state index in [9.17, 15) is 0 Å². The molecule has 24 heavy (non-hydrogen) atoms. The average molecular weight is 458 g/mol. The largest absolute Gasteiger partial charge is 1.00 e. The van der Waals surface area contributed by atoms with Crippen LogP contribution in [0, 0.1) is 0 Å². The summed E-state index contributed by atoms with van der Waals surface area (Å²) in [7, 11) is 0. The second kappa shape index (κ2) is 8.64. The van der Waals surface area contributed by atoms with E-state index in [0.717, 1.165) is 0 Å². The van der Waals surface area contributed by atoms with E-state index in [1.807, 2.05) is 0 Å². The molecular weight excluding hydrogens is 432 g/mol. The predicted molar refractivity (Wildman–Crippen MR) is 94.1 cm³/mol. The predicted octanol–water partition coefficient (Wildman–Crippen LogP) is -1.06. The number of halogens is 2. The number of benzene rings is 2. The molecule has 5 heteroatoms. The van der Waals surface area contributed by atoms with Gasteiger partial charge < -0.3 is 24.8 Å². The molecule has 0 radical (unpaired) electrons. The van der Waals surface area contributed by atoms with E-state index in [2.05, 4.69) is 85.7 Å². The summed E-state index contributed by atoms with van der Waals surface area (Å²) >= 11 is -1.79. The molecule has 0 bridgehead atoms. The summed E-state index contributed by atoms with van der Waals surface area (Å²) in [5.41, 5.74) is 6.05. The fourth-order valence-electron chi connectivity index (χ4n) is 3.36. The third kappa shape index (κ3) is 4.43. The summed E-state index contributed by atoms with van der Waals surface area (Å²) in [5.74, 6) is 0. The molecule has 0 amide bonds. The van der Waals surface area contributed by atoms with Gasteiger partial charge >= 0.3 is 143 Å². The molecule has 0 fully saturated rings. The van der Waals surface area contributed by atoms with Crippen LogP contribution in [-0.2, 0) is 20.7 Å². The van der Waals surface area contributed by atoms with Gasteiger partial charge in [0.1, 0.15) is 0 Å². The molecule has 0 saturated heterocycles. The standard InChI is InChI=1S/C13H9.C4H10N.C2H6Si.2ClH.Zr/c1-3-7-12-10(5-1)9-11-6-2-4-8-13(11)12;1-4(2,3)5;1-3-2;;;/h1-9H;5H,1-3H3;1-2H3;2*1H;/q;-1;;;;+3/p-2. The van der Waals surface area contributed by atoms with Crippen molar-refractivity contribution in [2.45, 2.75) is 43.0 Å². The van der Waals surface area contributed by atoms with Gasteiger partial charge in [-0.05, 0) is 0 Å². The van der Waals surface area contributed by atoms with Crippen LogP contribution in [0.4, 0.5) is 0 Å². The molecule has 2 aromatic rings. The molecule has 0 unspecified atom stereocenters. The van der Waals surface area contributed by atoms with Crippen molar-refractivity contribution in [1.82, 2.24) is 3.26 Å². The number of nitrogens with one attached hydrogen (secondary N) is 1. The second-order valence-corrected chi connectivity index (χ2v) is 24.0. The Morgan fingerprint density at radius 1 is 0.833 bits per heavy atom. The van der Waals surface area contributed by atoms with Crippen molar-refractivity contribution in [3.05, 3.63) is 59.7 Å². The molecule has 1 nitrogen and oxygen atoms in total. The Kier molecular flexibility index (Phi) is 7.97. The smallest absolute Gasteiger partial charge is 1.00 e. The van der Waals surface area contributed by atoms with Gasteiger partial charge in [-0.3, -0.25) is 0 Å². The summed E-state index contributed by atoms with van der Waals surface area (Å²) < 4.78 is 4.80. The molecular formula is C19H25Cl2NSiZr. The first kappa shape index (κ1) is 22.1. The zero-order chi connectivity index (χ0) is 15.9. The van der Waals surface area contributed by atoms with E-state index >= 15 is 0 Å². The van der Waals surface area contributed by atoms with Crippen molar-refractivity contribution in [1.29, 1.82) is 0 Å². The Labute approximate surface area is 167 Å². The molecule has 1 aliphatic carbocycles. The van der Waals surface area contributed by atoms with Crippen LogP contribution in [0.15, 0.2) is 48.5 Å². The van der Waals surface area contributed by atoms with Crippen LogP contribution in [0.2, 0.25) is 13.1 Å². The van der Waals surface area contributed by atoms with Crippen LogP contribution in [0.1, 0.15) is 35.5 Å². The van der Waals surface area contributed by atoms with Gasteiger partial charge in [0.2, 0.25) is 0 Å². The van der Waals surface area contributed by atoms with Crippen molar-refractivity contribution in [3.8, 4) is 11.1 Å². The number of hydrogen-bond acceptors (Lipinski definition) is 1. The van der Waals surface area contributed by atoms with E-state index in [0.29, 0.717) is 3.63 Å². The van der Waals surface area contributed by atoms with Crippen molar-refractivity contribution < 1.29 is 45.5 Å². The zero-order valence-corrected chi connectivity index (χ0v) is 19.9. The van der Waals surface area contributed by atoms with Crippen LogP contribution >= 0.6 is 0 Å². The number of fused-ring (bicyclic) bond motifs is 3. The average Bonchev–Trinajstić information content (AvgIpc) is 2.78. The number of rotatable bonds is 2. The van der Waals surface area contributed by atoms with Gasteiger partial charge in [-0.25, -0.2) is 0 Å². The normalized spacial score (nSPS) is 12.2. The molecule has 128 valence electrons. The zero-order valence-electron chi connectivity index (χ0n) is 15.0. The van der Waals surface area contributed by atoms with Crippen LogP contribution < -0.4 is 28.1 Å². The first-order valence-electron chi connectivity index (χ1n) is 8.02. The van der Waals surface area contributed by atoms with Crippen molar-refractivity contribution in [2.75, 3.05) is 0 Å². The Hall–Kier alpha value is 0.0800. The summed E-state index contributed by atoms with van der Waals surface area (Å²) in [5, 5.41) is 0. The van der Waals surface area contributed by atoms with E-state index in [4.69, 9.17) is 0 Å². The van der Waals surface area contributed by atoms with E-state index < -0.39 is 20.7 Å². The fourth-order valence-corrected chi connectivity index (χ4v) is 19.5. The maximum atomic E-state index is 4.12. The van der Waals surface area contributed by atoms with Crippen LogP contribution in [0.25, 0.3) is 11.1 Å². The second-order valence-electron chi connectivity index (χ2n) is 7.40. The van der Waals surface area contributed by atoms with E-state index in [1.165, 1.54) is 11.1 Å². The number of hydrogen-bond donors (Lipinski definition) is 1. The molecule has 0 heterocycles. The quantitative estimate of drug-likeness (QED) is 0.567. The first-order valence-corrected chi connectivity index (χ1v) is 16.9. The summed E-state index contributed by atoms with van der Waals surface area (Å²) in [6, 6.07) is 18.2. The molecule has 0 atom stereocenters. The summed E-state index contributed by atoms with van der Waals surface area (Å²) in [4.78, 5) is 0. The van der Waals surface area contributed by atoms with Gasteiger partial charge in [0.15, 0.2) is 0 Å². The Balaban J connectivity index is 0.00000144. The first-order chi connectivity index (χ1) is 10.4. The minimum atomic E-state index is -1.79. The Bertz CT molecular complexity index is 704. The molecule has 0 saturated carbocycles. The summed E-state index contributed by atoms with van der Waals surface area (Å²) in [6.45, 7) is 12.0. The summed E-state index contributed by atoms with van der Waals surface area (Å²) in [6.07, 6.45) is 0. The van der Waals surface area contributed by atoms with Gasteiger partial charge in [0, 0.05) is 0 Å². The fraction of sp³-hybridized carbons (Fsp3) is 0.368. The van der Waals surface area contributed by atoms with E-state index in [1.54, 1.807) is 11.1 Å². The minimum Gasteiger partial charge on any atom is -1.00 e. The van der Waals surface area contributed by atoms with Gasteiger partial charge in [0.05, 0.1) is 0 Å². The monoisotopic (exact) mass is 455 g/mol. The third-order valence-electron chi connectivity index (χ3n) is 4.17. The van der Waals surface area contributed by atoms with Crippen LogP contribution in [-0.4, -0.2) is 11.0 Å². The Morgan fingerprint density at radius 3 is 1.62 bits per heavy atom. The van der Waals surface area contributed by atoms with Gasteiger partial charge in [-0.1, -0.05) is 0 Å². The van der Waals surface area contributed by atoms with Crippen molar-refractivity contribution in [2.24, 2.45) is 0 Å². The van der Waals surface area contributed by atoms with Crippen molar-refractivity contribution >= 4 is 5.43 Å². The molecule has 0 aromatic heterocycles. The molecule has 3 rings (SSSR count). The topological polar surface area (TPSA) is 12.0 Å². The van der Waals surface area contributed by atoms with Gasteiger partial charge in [-0.2, -0.15) is 0 Å². The van der Waals surface area contributed by atoms with Crippen molar-refractivity contribution in [3.63, 3.8) is 0 Å². The maximum Gasteiger partial charge on any atom is -1.00 e. The molecule has 0 aliphatic heterocycles. The van der Waals surface area contributed by atoms with Crippen LogP contribution in [0.3, 0.4) is 0 Å². The third-order valence-corrected chi connectivity index (χ3v) is 21.1. The molecule has 0 spiro atoms. The van der Waals surface area contributed by atoms with Gasteiger partial charge in [0.25, 0.3) is 0 Å². The maximum absolute atomic E-state index is 4.12. The molecule has 1 N–H and O–H groups in total. The van der Waals surface area contributed by atoms with Crippen LogP contribution in [0.5, 0.6) is 0 Å². The molecule has 1 aliphatic rings.